The van der Waals surface area contributed by atoms with Crippen molar-refractivity contribution >= 4 is 18.0 Å². The summed E-state index contributed by atoms with van der Waals surface area (Å²) in [4.78, 5) is 23.8. The van der Waals surface area contributed by atoms with E-state index >= 15 is 0 Å². The van der Waals surface area contributed by atoms with Gasteiger partial charge in [-0.25, -0.2) is 9.59 Å². The van der Waals surface area contributed by atoms with Crippen LogP contribution in [0.2, 0.25) is 0 Å². The smallest absolute Gasteiger partial charge is 0.348 e. The summed E-state index contributed by atoms with van der Waals surface area (Å²) in [5.41, 5.74) is 3.91. The van der Waals surface area contributed by atoms with Gasteiger partial charge in [-0.2, -0.15) is 0 Å². The second-order valence-corrected chi connectivity index (χ2v) is 5.55. The number of esters is 2. The number of cyclic esters (lactones) is 2. The number of carbonyl (C=O) groups excluding carboxylic acids is 2. The zero-order valence-electron chi connectivity index (χ0n) is 12.4. The van der Waals surface area contributed by atoms with Gasteiger partial charge in [0.1, 0.15) is 5.57 Å². The first-order valence-electron chi connectivity index (χ1n) is 6.46. The average Bonchev–Trinajstić information content (AvgIpc) is 2.24. The van der Waals surface area contributed by atoms with E-state index in [9.17, 15) is 9.59 Å². The third-order valence-corrected chi connectivity index (χ3v) is 3.14. The van der Waals surface area contributed by atoms with Crippen LogP contribution in [0.15, 0.2) is 17.7 Å². The van der Waals surface area contributed by atoms with E-state index in [1.807, 2.05) is 32.9 Å². The van der Waals surface area contributed by atoms with Crippen LogP contribution in [0.4, 0.5) is 0 Å². The van der Waals surface area contributed by atoms with Crippen LogP contribution >= 0.6 is 0 Å². The van der Waals surface area contributed by atoms with Crippen LogP contribution in [-0.4, -0.2) is 17.7 Å². The number of rotatable bonds is 1. The Kier molecular flexibility index (Phi) is 3.42. The van der Waals surface area contributed by atoms with E-state index in [4.69, 9.17) is 9.47 Å². The molecular formula is C16H18O4. The molecule has 106 valence electrons. The molecule has 1 aliphatic rings. The summed E-state index contributed by atoms with van der Waals surface area (Å²) < 4.78 is 10.2. The van der Waals surface area contributed by atoms with Crippen molar-refractivity contribution in [1.29, 1.82) is 0 Å². The Morgan fingerprint density at radius 2 is 1.40 bits per heavy atom. The van der Waals surface area contributed by atoms with Crippen LogP contribution in [-0.2, 0) is 19.1 Å². The maximum absolute atomic E-state index is 11.9. The summed E-state index contributed by atoms with van der Waals surface area (Å²) in [6, 6.07) is 4.01. The number of aryl methyl sites for hydroxylation is 3. The summed E-state index contributed by atoms with van der Waals surface area (Å²) >= 11 is 0. The Hall–Kier alpha value is -2.10. The Morgan fingerprint density at radius 3 is 1.85 bits per heavy atom. The molecule has 1 aromatic rings. The second-order valence-electron chi connectivity index (χ2n) is 5.55. The van der Waals surface area contributed by atoms with Crippen molar-refractivity contribution in [3.63, 3.8) is 0 Å². The van der Waals surface area contributed by atoms with Gasteiger partial charge in [0, 0.05) is 13.8 Å². The van der Waals surface area contributed by atoms with Crippen LogP contribution in [0.5, 0.6) is 0 Å². The zero-order chi connectivity index (χ0) is 15.1. The van der Waals surface area contributed by atoms with Gasteiger partial charge in [-0.1, -0.05) is 17.7 Å². The predicted molar refractivity (Wildman–Crippen MR) is 74.9 cm³/mol. The van der Waals surface area contributed by atoms with Crippen molar-refractivity contribution in [2.24, 2.45) is 0 Å². The van der Waals surface area contributed by atoms with Crippen LogP contribution < -0.4 is 0 Å². The van der Waals surface area contributed by atoms with E-state index < -0.39 is 17.7 Å². The van der Waals surface area contributed by atoms with Gasteiger partial charge >= 0.3 is 11.9 Å². The van der Waals surface area contributed by atoms with Gasteiger partial charge in [0.05, 0.1) is 0 Å². The molecular weight excluding hydrogens is 256 g/mol. The molecule has 0 unspecified atom stereocenters. The van der Waals surface area contributed by atoms with Gasteiger partial charge in [-0.05, 0) is 43.5 Å². The number of ether oxygens (including phenoxy) is 2. The van der Waals surface area contributed by atoms with Gasteiger partial charge < -0.3 is 9.47 Å². The zero-order valence-corrected chi connectivity index (χ0v) is 12.4. The van der Waals surface area contributed by atoms with Crippen LogP contribution in [0.25, 0.3) is 6.08 Å². The Bertz CT molecular complexity index is 578. The average molecular weight is 274 g/mol. The SMILES string of the molecule is Cc1cc(C)c(C=C2C(=O)OC(C)(C)OC2=O)c(C)c1. The molecule has 0 aromatic heterocycles. The van der Waals surface area contributed by atoms with Crippen molar-refractivity contribution in [1.82, 2.24) is 0 Å². The highest BCUT2D eigenvalue weighted by atomic mass is 16.7. The van der Waals surface area contributed by atoms with Crippen molar-refractivity contribution < 1.29 is 19.1 Å². The summed E-state index contributed by atoms with van der Waals surface area (Å²) in [6.07, 6.45) is 1.55. The maximum atomic E-state index is 11.9. The molecule has 1 fully saturated rings. The molecule has 2 rings (SSSR count). The van der Waals surface area contributed by atoms with E-state index in [0.717, 1.165) is 22.3 Å². The largest absolute Gasteiger partial charge is 0.419 e. The van der Waals surface area contributed by atoms with Crippen molar-refractivity contribution in [3.05, 3.63) is 40.0 Å². The van der Waals surface area contributed by atoms with Crippen molar-refractivity contribution in [2.45, 2.75) is 40.4 Å². The fraction of sp³-hybridized carbons (Fsp3) is 0.375. The van der Waals surface area contributed by atoms with Crippen LogP contribution in [0.1, 0.15) is 36.1 Å². The molecule has 1 aliphatic heterocycles. The molecule has 0 saturated carbocycles. The summed E-state index contributed by atoms with van der Waals surface area (Å²) in [6.45, 7) is 8.94. The summed E-state index contributed by atoms with van der Waals surface area (Å²) in [5, 5.41) is 0. The lowest BCUT2D eigenvalue weighted by atomic mass is 9.97. The maximum Gasteiger partial charge on any atom is 0.348 e. The van der Waals surface area contributed by atoms with E-state index in [0.29, 0.717) is 0 Å². The van der Waals surface area contributed by atoms with Gasteiger partial charge in [0.15, 0.2) is 0 Å². The van der Waals surface area contributed by atoms with Crippen molar-refractivity contribution in [3.8, 4) is 0 Å². The molecule has 0 radical (unpaired) electrons. The first-order valence-corrected chi connectivity index (χ1v) is 6.46. The molecule has 1 saturated heterocycles. The fourth-order valence-electron chi connectivity index (χ4n) is 2.34. The highest BCUT2D eigenvalue weighted by Gasteiger charge is 2.38. The molecule has 0 N–H and O–H groups in total. The summed E-state index contributed by atoms with van der Waals surface area (Å²) in [5.74, 6) is -2.50. The highest BCUT2D eigenvalue weighted by molar-refractivity contribution is 6.19. The Labute approximate surface area is 118 Å². The Morgan fingerprint density at radius 1 is 0.950 bits per heavy atom. The van der Waals surface area contributed by atoms with Crippen LogP contribution in [0, 0.1) is 20.8 Å². The van der Waals surface area contributed by atoms with Gasteiger partial charge in [-0.15, -0.1) is 0 Å². The molecule has 0 atom stereocenters. The number of carbonyl (C=O) groups is 2. The molecule has 1 aromatic carbocycles. The molecule has 0 bridgehead atoms. The first-order chi connectivity index (χ1) is 9.19. The predicted octanol–water partition coefficient (Wildman–Crippen LogP) is 2.83. The van der Waals surface area contributed by atoms with Gasteiger partial charge in [0.25, 0.3) is 5.79 Å². The van der Waals surface area contributed by atoms with E-state index in [2.05, 4.69) is 0 Å². The minimum absolute atomic E-state index is 0.0700. The normalized spacial score (nSPS) is 17.6. The lowest BCUT2D eigenvalue weighted by Gasteiger charge is -2.29. The third-order valence-electron chi connectivity index (χ3n) is 3.14. The Balaban J connectivity index is 2.46. The topological polar surface area (TPSA) is 52.6 Å². The number of hydrogen-bond donors (Lipinski definition) is 0. The lowest BCUT2D eigenvalue weighted by molar-refractivity contribution is -0.222. The first kappa shape index (κ1) is 14.3. The molecule has 0 aliphatic carbocycles. The molecule has 1 heterocycles. The number of benzene rings is 1. The van der Waals surface area contributed by atoms with Crippen LogP contribution in [0.3, 0.4) is 0 Å². The fourth-order valence-corrected chi connectivity index (χ4v) is 2.34. The van der Waals surface area contributed by atoms with Gasteiger partial charge in [-0.3, -0.25) is 0 Å². The molecule has 20 heavy (non-hydrogen) atoms. The van der Waals surface area contributed by atoms with Gasteiger partial charge in [0.2, 0.25) is 0 Å². The second kappa shape index (κ2) is 4.78. The minimum atomic E-state index is -1.21. The van der Waals surface area contributed by atoms with Crippen molar-refractivity contribution in [2.75, 3.05) is 0 Å². The molecule has 4 nitrogen and oxygen atoms in total. The quantitative estimate of drug-likeness (QED) is 0.449. The molecule has 0 amide bonds. The van der Waals surface area contributed by atoms with E-state index in [-0.39, 0.29) is 5.57 Å². The monoisotopic (exact) mass is 274 g/mol. The van der Waals surface area contributed by atoms with E-state index in [1.165, 1.54) is 13.8 Å². The van der Waals surface area contributed by atoms with E-state index in [1.54, 1.807) is 6.08 Å². The lowest BCUT2D eigenvalue weighted by Crippen LogP contribution is -2.41. The number of hydrogen-bond acceptors (Lipinski definition) is 4. The highest BCUT2D eigenvalue weighted by Crippen LogP contribution is 2.26. The minimum Gasteiger partial charge on any atom is -0.419 e. The molecule has 4 heteroatoms. The molecule has 0 spiro atoms. The standard InChI is InChI=1S/C16H18O4/c1-9-6-10(2)12(11(3)7-9)8-13-14(17)19-16(4,5)20-15(13)18/h6-8H,1-5H3. The third kappa shape index (κ3) is 2.74. The summed E-state index contributed by atoms with van der Waals surface area (Å²) in [7, 11) is 0.